The summed E-state index contributed by atoms with van der Waals surface area (Å²) in [5.41, 5.74) is -0.613. The third-order valence-electron chi connectivity index (χ3n) is 3.27. The van der Waals surface area contributed by atoms with Crippen LogP contribution >= 0.6 is 0 Å². The molecule has 0 saturated carbocycles. The maximum absolute atomic E-state index is 11.8. The van der Waals surface area contributed by atoms with Crippen molar-refractivity contribution in [2.75, 3.05) is 20.3 Å². The quantitative estimate of drug-likeness (QED) is 0.449. The molecule has 2 rings (SSSR count). The molecule has 2 heterocycles. The predicted molar refractivity (Wildman–Crippen MR) is 61.8 cm³/mol. The third kappa shape index (κ3) is 2.11. The Kier molecular flexibility index (Phi) is 3.83. The highest BCUT2D eigenvalue weighted by atomic mass is 16.6. The number of aromatic nitrogens is 2. The van der Waals surface area contributed by atoms with E-state index in [0.717, 1.165) is 10.6 Å². The monoisotopic (exact) mass is 273 g/mol. The Morgan fingerprint density at radius 3 is 2.95 bits per heavy atom. The molecule has 1 fully saturated rings. The molecule has 1 aromatic heterocycles. The minimum absolute atomic E-state index is 0.0705. The summed E-state index contributed by atoms with van der Waals surface area (Å²) in [6.07, 6.45) is 0.502. The van der Waals surface area contributed by atoms with Gasteiger partial charge in [0.2, 0.25) is 0 Å². The van der Waals surface area contributed by atoms with Crippen molar-refractivity contribution in [1.29, 1.82) is 0 Å². The summed E-state index contributed by atoms with van der Waals surface area (Å²) >= 11 is 0. The minimum Gasteiger partial charge on any atom is -0.394 e. The van der Waals surface area contributed by atoms with Crippen LogP contribution in [-0.2, 0) is 15.2 Å². The van der Waals surface area contributed by atoms with E-state index < -0.39 is 29.1 Å². The lowest BCUT2D eigenvalue weighted by atomic mass is 10.0. The Morgan fingerprint density at radius 2 is 2.42 bits per heavy atom. The first-order chi connectivity index (χ1) is 9.08. The molecule has 1 saturated heterocycles. The van der Waals surface area contributed by atoms with Crippen LogP contribution in [0.1, 0.15) is 0 Å². The number of aliphatic hydroxyl groups excluding tert-OH is 1. The lowest BCUT2D eigenvalue weighted by Crippen LogP contribution is -2.58. The number of nitrogens with one attached hydrogen (secondary N) is 2. The molecule has 0 aliphatic carbocycles. The molecule has 1 unspecified atom stereocenters. The van der Waals surface area contributed by atoms with Crippen LogP contribution in [0, 0.1) is 0 Å². The number of hydroxylamine groups is 1. The van der Waals surface area contributed by atoms with Crippen molar-refractivity contribution in [3.05, 3.63) is 33.1 Å². The number of ether oxygens (including phenoxy) is 2. The van der Waals surface area contributed by atoms with Gasteiger partial charge in [-0.2, -0.15) is 5.48 Å². The first-order valence-electron chi connectivity index (χ1n) is 5.58. The van der Waals surface area contributed by atoms with Gasteiger partial charge in [0.05, 0.1) is 13.2 Å². The molecular formula is C10H15N3O6. The number of aromatic amines is 1. The fourth-order valence-corrected chi connectivity index (χ4v) is 2.26. The Labute approximate surface area is 107 Å². The van der Waals surface area contributed by atoms with E-state index in [1.165, 1.54) is 13.3 Å². The molecule has 3 atom stereocenters. The number of hydrogen-bond acceptors (Lipinski definition) is 7. The van der Waals surface area contributed by atoms with Crippen LogP contribution in [0.15, 0.2) is 21.9 Å². The number of H-pyrrole nitrogens is 1. The minimum atomic E-state index is -1.36. The lowest BCUT2D eigenvalue weighted by molar-refractivity contribution is -0.117. The van der Waals surface area contributed by atoms with Gasteiger partial charge >= 0.3 is 5.69 Å². The molecule has 1 aliphatic heterocycles. The molecular weight excluding hydrogens is 258 g/mol. The predicted octanol–water partition coefficient (Wildman–Crippen LogP) is -2.43. The fourth-order valence-electron chi connectivity index (χ4n) is 2.26. The number of hydrogen-bond donors (Lipinski definition) is 4. The van der Waals surface area contributed by atoms with Crippen molar-refractivity contribution >= 4 is 0 Å². The lowest BCUT2D eigenvalue weighted by Gasteiger charge is -2.33. The van der Waals surface area contributed by atoms with Crippen molar-refractivity contribution in [1.82, 2.24) is 15.0 Å². The molecule has 9 nitrogen and oxygen atoms in total. The van der Waals surface area contributed by atoms with Crippen LogP contribution in [-0.4, -0.2) is 52.3 Å². The van der Waals surface area contributed by atoms with Gasteiger partial charge in [-0.15, -0.1) is 0 Å². The molecule has 1 aromatic rings. The zero-order valence-electron chi connectivity index (χ0n) is 10.2. The van der Waals surface area contributed by atoms with Crippen LogP contribution in [0.2, 0.25) is 0 Å². The van der Waals surface area contributed by atoms with Crippen molar-refractivity contribution in [2.24, 2.45) is 0 Å². The van der Waals surface area contributed by atoms with E-state index >= 15 is 0 Å². The van der Waals surface area contributed by atoms with Crippen LogP contribution in [0.25, 0.3) is 0 Å². The highest BCUT2D eigenvalue weighted by Gasteiger charge is 2.52. The van der Waals surface area contributed by atoms with E-state index in [1.54, 1.807) is 0 Å². The van der Waals surface area contributed by atoms with Crippen molar-refractivity contribution < 1.29 is 19.8 Å². The standard InChI is InChI=1S/C10H15N3O6/c1-18-10(5-19-6(4-14)8(10)12-17)13-3-2-7(15)11-9(13)16/h2-3,6,8,12,14,17H,4-5H2,1H3,(H,11,15,16)/t6-,8-,10?/m1/s1. The van der Waals surface area contributed by atoms with E-state index in [-0.39, 0.29) is 13.2 Å². The second kappa shape index (κ2) is 5.23. The number of methoxy groups -OCH3 is 1. The third-order valence-corrected chi connectivity index (χ3v) is 3.27. The molecule has 106 valence electrons. The van der Waals surface area contributed by atoms with E-state index in [0.29, 0.717) is 0 Å². The zero-order chi connectivity index (χ0) is 14.0. The largest absolute Gasteiger partial charge is 0.394 e. The topological polar surface area (TPSA) is 126 Å². The molecule has 0 radical (unpaired) electrons. The summed E-state index contributed by atoms with van der Waals surface area (Å²) in [5.74, 6) is 0. The highest BCUT2D eigenvalue weighted by molar-refractivity contribution is 5.01. The van der Waals surface area contributed by atoms with Gasteiger partial charge in [-0.3, -0.25) is 14.3 Å². The summed E-state index contributed by atoms with van der Waals surface area (Å²) < 4.78 is 11.7. The normalized spacial score (nSPS) is 30.7. The van der Waals surface area contributed by atoms with Gasteiger partial charge in [0.25, 0.3) is 5.56 Å². The SMILES string of the molecule is COC1(n2ccc(=O)[nH]c2=O)CO[C@H](CO)[C@H]1NO. The zero-order valence-corrected chi connectivity index (χ0v) is 10.2. The van der Waals surface area contributed by atoms with Crippen molar-refractivity contribution in [3.63, 3.8) is 0 Å². The average Bonchev–Trinajstić information content (AvgIpc) is 2.77. The van der Waals surface area contributed by atoms with Gasteiger partial charge in [-0.1, -0.05) is 0 Å². The van der Waals surface area contributed by atoms with Crippen molar-refractivity contribution in [3.8, 4) is 0 Å². The van der Waals surface area contributed by atoms with Crippen LogP contribution in [0.5, 0.6) is 0 Å². The molecule has 0 aromatic carbocycles. The van der Waals surface area contributed by atoms with Crippen LogP contribution in [0.4, 0.5) is 0 Å². The van der Waals surface area contributed by atoms with Crippen molar-refractivity contribution in [2.45, 2.75) is 17.9 Å². The van der Waals surface area contributed by atoms with E-state index in [9.17, 15) is 19.9 Å². The Bertz CT molecular complexity index is 555. The summed E-state index contributed by atoms with van der Waals surface area (Å²) in [6.45, 7) is -0.430. The Balaban J connectivity index is 2.54. The molecule has 0 bridgehead atoms. The smallest absolute Gasteiger partial charge is 0.330 e. The van der Waals surface area contributed by atoms with Crippen LogP contribution < -0.4 is 16.7 Å². The summed E-state index contributed by atoms with van der Waals surface area (Å²) in [7, 11) is 1.34. The highest BCUT2D eigenvalue weighted by Crippen LogP contribution is 2.31. The van der Waals surface area contributed by atoms with Gasteiger partial charge in [-0.25, -0.2) is 4.79 Å². The molecule has 0 amide bonds. The molecule has 1 aliphatic rings. The summed E-state index contributed by atoms with van der Waals surface area (Å²) in [6, 6.07) is 0.286. The Hall–Kier alpha value is -1.52. The van der Waals surface area contributed by atoms with E-state index in [4.69, 9.17) is 9.47 Å². The van der Waals surface area contributed by atoms with Gasteiger partial charge < -0.3 is 19.8 Å². The van der Waals surface area contributed by atoms with Gasteiger partial charge in [0.1, 0.15) is 12.1 Å². The molecule has 19 heavy (non-hydrogen) atoms. The maximum atomic E-state index is 11.8. The second-order valence-electron chi connectivity index (χ2n) is 4.17. The first kappa shape index (κ1) is 13.9. The summed E-state index contributed by atoms with van der Waals surface area (Å²) in [5, 5.41) is 18.4. The van der Waals surface area contributed by atoms with Gasteiger partial charge in [0, 0.05) is 19.4 Å². The second-order valence-corrected chi connectivity index (χ2v) is 4.17. The summed E-state index contributed by atoms with van der Waals surface area (Å²) in [4.78, 5) is 25.0. The Morgan fingerprint density at radius 1 is 1.68 bits per heavy atom. The molecule has 0 spiro atoms. The van der Waals surface area contributed by atoms with Gasteiger partial charge in [-0.05, 0) is 0 Å². The molecule has 9 heteroatoms. The fraction of sp³-hybridized carbons (Fsp3) is 0.600. The van der Waals surface area contributed by atoms with E-state index in [2.05, 4.69) is 4.98 Å². The molecule has 4 N–H and O–H groups in total. The maximum Gasteiger partial charge on any atom is 0.330 e. The number of aliphatic hydroxyl groups is 1. The number of rotatable bonds is 4. The van der Waals surface area contributed by atoms with Crippen LogP contribution in [0.3, 0.4) is 0 Å². The average molecular weight is 273 g/mol. The number of nitrogens with zero attached hydrogens (tertiary/aromatic N) is 1. The van der Waals surface area contributed by atoms with Gasteiger partial charge in [0.15, 0.2) is 5.72 Å². The van der Waals surface area contributed by atoms with E-state index in [1.807, 2.05) is 5.48 Å². The first-order valence-corrected chi connectivity index (χ1v) is 5.58.